The number of hydrogen-bond donors (Lipinski definition) is 3. The highest BCUT2D eigenvalue weighted by Gasteiger charge is 2.10. The average molecular weight is 285 g/mol. The van der Waals surface area contributed by atoms with Crippen LogP contribution in [0.15, 0.2) is 5.38 Å². The average Bonchev–Trinajstić information content (AvgIpc) is 2.86. The second-order valence-electron chi connectivity index (χ2n) is 4.18. The third kappa shape index (κ3) is 5.25. The third-order valence-electron chi connectivity index (χ3n) is 2.88. The van der Waals surface area contributed by atoms with E-state index in [0.29, 0.717) is 17.5 Å². The Morgan fingerprint density at radius 1 is 1.37 bits per heavy atom. The molecule has 0 aliphatic rings. The SMILES string of the molecule is CCC(CC)CNC(=O)NCc1nc(C(=O)O)cs1. The fourth-order valence-electron chi connectivity index (χ4n) is 1.52. The molecule has 0 spiro atoms. The van der Waals surface area contributed by atoms with Gasteiger partial charge in [0.15, 0.2) is 5.69 Å². The highest BCUT2D eigenvalue weighted by molar-refractivity contribution is 7.09. The van der Waals surface area contributed by atoms with Crippen LogP contribution in [0.5, 0.6) is 0 Å². The number of aromatic carboxylic acids is 1. The van der Waals surface area contributed by atoms with Crippen molar-refractivity contribution in [2.75, 3.05) is 6.54 Å². The molecule has 0 aromatic carbocycles. The number of nitrogens with zero attached hydrogens (tertiary/aromatic N) is 1. The normalized spacial score (nSPS) is 10.5. The maximum Gasteiger partial charge on any atom is 0.355 e. The van der Waals surface area contributed by atoms with Gasteiger partial charge in [-0.05, 0) is 5.92 Å². The lowest BCUT2D eigenvalue weighted by atomic mass is 10.0. The molecule has 3 N–H and O–H groups in total. The molecule has 1 rings (SSSR count). The molecular weight excluding hydrogens is 266 g/mol. The molecule has 0 unspecified atom stereocenters. The number of carboxylic acid groups (broad SMARTS) is 1. The summed E-state index contributed by atoms with van der Waals surface area (Å²) in [7, 11) is 0. The molecule has 6 nitrogen and oxygen atoms in total. The van der Waals surface area contributed by atoms with Crippen molar-refractivity contribution < 1.29 is 14.7 Å². The summed E-state index contributed by atoms with van der Waals surface area (Å²) < 4.78 is 0. The number of amides is 2. The molecule has 19 heavy (non-hydrogen) atoms. The van der Waals surface area contributed by atoms with Crippen LogP contribution in [0.2, 0.25) is 0 Å². The van der Waals surface area contributed by atoms with Crippen LogP contribution in [0.3, 0.4) is 0 Å². The van der Waals surface area contributed by atoms with Crippen LogP contribution in [-0.4, -0.2) is 28.6 Å². The first kappa shape index (κ1) is 15.4. The van der Waals surface area contributed by atoms with Gasteiger partial charge in [0.05, 0.1) is 6.54 Å². The number of carboxylic acids is 1. The molecule has 0 aliphatic heterocycles. The number of hydrogen-bond acceptors (Lipinski definition) is 4. The van der Waals surface area contributed by atoms with Crippen molar-refractivity contribution in [1.82, 2.24) is 15.6 Å². The zero-order valence-electron chi connectivity index (χ0n) is 11.1. The van der Waals surface area contributed by atoms with E-state index in [0.717, 1.165) is 12.8 Å². The van der Waals surface area contributed by atoms with E-state index in [4.69, 9.17) is 5.11 Å². The molecule has 0 saturated carbocycles. The van der Waals surface area contributed by atoms with Crippen LogP contribution < -0.4 is 10.6 Å². The van der Waals surface area contributed by atoms with E-state index in [9.17, 15) is 9.59 Å². The van der Waals surface area contributed by atoms with Crippen molar-refractivity contribution in [2.45, 2.75) is 33.2 Å². The second-order valence-corrected chi connectivity index (χ2v) is 5.12. The minimum Gasteiger partial charge on any atom is -0.476 e. The topological polar surface area (TPSA) is 91.3 Å². The molecule has 1 heterocycles. The lowest BCUT2D eigenvalue weighted by Gasteiger charge is -2.13. The fourth-order valence-corrected chi connectivity index (χ4v) is 2.23. The standard InChI is InChI=1S/C12H19N3O3S/c1-3-8(4-2)5-13-12(18)14-6-10-15-9(7-19-10)11(16)17/h7-8H,3-6H2,1-2H3,(H,16,17)(H2,13,14,18). The summed E-state index contributed by atoms with van der Waals surface area (Å²) >= 11 is 1.22. The summed E-state index contributed by atoms with van der Waals surface area (Å²) in [6.45, 7) is 5.08. The number of rotatable bonds is 7. The summed E-state index contributed by atoms with van der Waals surface area (Å²) in [6, 6.07) is -0.251. The van der Waals surface area contributed by atoms with Crippen LogP contribution in [0.25, 0.3) is 0 Å². The minimum atomic E-state index is -1.05. The van der Waals surface area contributed by atoms with Crippen LogP contribution in [0.4, 0.5) is 4.79 Å². The van der Waals surface area contributed by atoms with Crippen molar-refractivity contribution >= 4 is 23.3 Å². The predicted octanol–water partition coefficient (Wildman–Crippen LogP) is 2.08. The largest absolute Gasteiger partial charge is 0.476 e. The van der Waals surface area contributed by atoms with Crippen molar-refractivity contribution in [3.05, 3.63) is 16.1 Å². The van der Waals surface area contributed by atoms with Gasteiger partial charge in [-0.1, -0.05) is 26.7 Å². The smallest absolute Gasteiger partial charge is 0.355 e. The molecule has 1 aromatic rings. The summed E-state index contributed by atoms with van der Waals surface area (Å²) in [5, 5.41) is 16.2. The number of urea groups is 1. The number of aromatic nitrogens is 1. The summed E-state index contributed by atoms with van der Waals surface area (Å²) in [5.74, 6) is -0.565. The van der Waals surface area contributed by atoms with Crippen LogP contribution in [0.1, 0.15) is 42.2 Å². The lowest BCUT2D eigenvalue weighted by Crippen LogP contribution is -2.37. The van der Waals surface area contributed by atoms with Crippen molar-refractivity contribution in [1.29, 1.82) is 0 Å². The number of carbonyl (C=O) groups is 2. The van der Waals surface area contributed by atoms with Crippen molar-refractivity contribution in [3.63, 3.8) is 0 Å². The van der Waals surface area contributed by atoms with E-state index in [1.807, 2.05) is 0 Å². The minimum absolute atomic E-state index is 0.0132. The maximum absolute atomic E-state index is 11.5. The van der Waals surface area contributed by atoms with Gasteiger partial charge in [-0.15, -0.1) is 11.3 Å². The molecule has 0 saturated heterocycles. The lowest BCUT2D eigenvalue weighted by molar-refractivity contribution is 0.0691. The Bertz CT molecular complexity index is 430. The first-order chi connectivity index (χ1) is 9.06. The first-order valence-electron chi connectivity index (χ1n) is 6.26. The summed E-state index contributed by atoms with van der Waals surface area (Å²) in [5.41, 5.74) is 0.0132. The third-order valence-corrected chi connectivity index (χ3v) is 3.73. The molecule has 0 radical (unpaired) electrons. The Morgan fingerprint density at radius 3 is 2.58 bits per heavy atom. The summed E-state index contributed by atoms with van der Waals surface area (Å²) in [6.07, 6.45) is 2.07. The van der Waals surface area contributed by atoms with Crippen LogP contribution in [0, 0.1) is 5.92 Å². The molecule has 0 aliphatic carbocycles. The molecule has 0 fully saturated rings. The van der Waals surface area contributed by atoms with Gasteiger partial charge >= 0.3 is 12.0 Å². The molecule has 7 heteroatoms. The van der Waals surface area contributed by atoms with Gasteiger partial charge in [-0.3, -0.25) is 0 Å². The number of carbonyl (C=O) groups excluding carboxylic acids is 1. The van der Waals surface area contributed by atoms with Crippen LogP contribution >= 0.6 is 11.3 Å². The fraction of sp³-hybridized carbons (Fsp3) is 0.583. The van der Waals surface area contributed by atoms with E-state index in [-0.39, 0.29) is 18.3 Å². The Labute approximate surface area is 116 Å². The van der Waals surface area contributed by atoms with E-state index in [2.05, 4.69) is 29.5 Å². The van der Waals surface area contributed by atoms with E-state index >= 15 is 0 Å². The highest BCUT2D eigenvalue weighted by atomic mass is 32.1. The van der Waals surface area contributed by atoms with E-state index in [1.165, 1.54) is 16.7 Å². The Hall–Kier alpha value is -1.63. The molecular formula is C12H19N3O3S. The van der Waals surface area contributed by atoms with Gasteiger partial charge in [0.1, 0.15) is 5.01 Å². The van der Waals surface area contributed by atoms with E-state index < -0.39 is 5.97 Å². The van der Waals surface area contributed by atoms with Crippen LogP contribution in [-0.2, 0) is 6.54 Å². The predicted molar refractivity (Wildman–Crippen MR) is 73.4 cm³/mol. The molecule has 1 aromatic heterocycles. The Balaban J connectivity index is 2.31. The van der Waals surface area contributed by atoms with E-state index in [1.54, 1.807) is 0 Å². The van der Waals surface area contributed by atoms with Gasteiger partial charge in [0.25, 0.3) is 0 Å². The zero-order valence-corrected chi connectivity index (χ0v) is 11.9. The first-order valence-corrected chi connectivity index (χ1v) is 7.14. The zero-order chi connectivity index (χ0) is 14.3. The van der Waals surface area contributed by atoms with Crippen molar-refractivity contribution in [2.24, 2.45) is 5.92 Å². The second kappa shape index (κ2) is 7.73. The highest BCUT2D eigenvalue weighted by Crippen LogP contribution is 2.09. The molecule has 0 atom stereocenters. The Kier molecular flexibility index (Phi) is 6.27. The van der Waals surface area contributed by atoms with Gasteiger partial charge in [0, 0.05) is 11.9 Å². The number of nitrogens with one attached hydrogen (secondary N) is 2. The number of thiazole rings is 1. The quantitative estimate of drug-likeness (QED) is 0.715. The van der Waals surface area contributed by atoms with Gasteiger partial charge < -0.3 is 15.7 Å². The van der Waals surface area contributed by atoms with Gasteiger partial charge in [0.2, 0.25) is 0 Å². The maximum atomic E-state index is 11.5. The monoisotopic (exact) mass is 285 g/mol. The van der Waals surface area contributed by atoms with Crippen molar-refractivity contribution in [3.8, 4) is 0 Å². The molecule has 2 amide bonds. The van der Waals surface area contributed by atoms with Gasteiger partial charge in [-0.2, -0.15) is 0 Å². The van der Waals surface area contributed by atoms with Gasteiger partial charge in [-0.25, -0.2) is 14.6 Å². The summed E-state index contributed by atoms with van der Waals surface area (Å²) in [4.78, 5) is 26.1. The molecule has 0 bridgehead atoms. The Morgan fingerprint density at radius 2 is 2.05 bits per heavy atom. The molecule has 106 valence electrons.